The minimum absolute atomic E-state index is 0.00665. The molecule has 12 aromatic carbocycles. The highest BCUT2D eigenvalue weighted by Gasteiger charge is 2.28. The van der Waals surface area contributed by atoms with E-state index in [-0.39, 0.29) is 21.7 Å². The van der Waals surface area contributed by atoms with Crippen molar-refractivity contribution in [3.63, 3.8) is 0 Å². The second-order valence-corrected chi connectivity index (χ2v) is 27.0. The lowest BCUT2D eigenvalue weighted by Crippen LogP contribution is -2.21. The van der Waals surface area contributed by atoms with Crippen LogP contribution in [0.1, 0.15) is 126 Å². The summed E-state index contributed by atoms with van der Waals surface area (Å²) in [6.45, 7) is 26.1. The standard InChI is InChI=1S/C82H78N2/c1-79(2,3)63-47-61-48-64(80(4,5)6)53-75-76-54-66(50-62-49-65(81(7,8)9)52-74(78(62)76)73(51-63)77(61)75)82(10,11)55-60-22-21-29-72(46-60)84(69-27-19-14-20-28-69)71-44-40-59(41-45-71)37-35-57-32-30-56(31-33-57)34-36-58-38-42-70(43-39-58)83(67-23-15-12-16-24-67)68-25-17-13-18-26-68/h12-54H,55H2,1-11H3/b36-34+,37-35+. The Morgan fingerprint density at radius 2 is 0.560 bits per heavy atom. The van der Waals surface area contributed by atoms with Crippen LogP contribution < -0.4 is 9.80 Å². The largest absolute Gasteiger partial charge is 0.311 e. The molecule has 2 heteroatoms. The van der Waals surface area contributed by atoms with Gasteiger partial charge in [-0.25, -0.2) is 0 Å². The van der Waals surface area contributed by atoms with Crippen molar-refractivity contribution in [2.24, 2.45) is 0 Å². The zero-order valence-corrected chi connectivity index (χ0v) is 50.9. The number of fused-ring (bicyclic) bond motifs is 2. The number of hydrogen-bond acceptors (Lipinski definition) is 2. The topological polar surface area (TPSA) is 6.48 Å². The SMILES string of the molecule is CC(C)(C)c1cc2cc(C(C)(C)C)cc3c4cc(C(C)(C)Cc5cccc(N(c6ccccc6)c6ccc(/C=C/c7ccc(/C=C/c8ccc(N(c9ccccc9)c9ccccc9)cc8)cc7)cc6)c5)cc5cc(C(C)(C)C)cc(c(c1)c23)c54. The van der Waals surface area contributed by atoms with Gasteiger partial charge in [0, 0.05) is 34.1 Å². The number of hydrogen-bond donors (Lipinski definition) is 0. The Labute approximate surface area is 499 Å². The summed E-state index contributed by atoms with van der Waals surface area (Å²) in [4.78, 5) is 4.68. The summed E-state index contributed by atoms with van der Waals surface area (Å²) in [5, 5.41) is 10.9. The molecule has 0 fully saturated rings. The van der Waals surface area contributed by atoms with Gasteiger partial charge in [-0.3, -0.25) is 0 Å². The average Bonchev–Trinajstić information content (AvgIpc) is 1.08. The van der Waals surface area contributed by atoms with Gasteiger partial charge in [0.05, 0.1) is 0 Å². The maximum absolute atomic E-state index is 2.56. The lowest BCUT2D eigenvalue weighted by molar-refractivity contribution is 0.523. The molecule has 0 saturated carbocycles. The lowest BCUT2D eigenvalue weighted by Gasteiger charge is -2.30. The first-order chi connectivity index (χ1) is 40.2. The fourth-order valence-corrected chi connectivity index (χ4v) is 12.2. The van der Waals surface area contributed by atoms with Crippen molar-refractivity contribution in [2.45, 2.75) is 104 Å². The van der Waals surface area contributed by atoms with Crippen LogP contribution in [-0.2, 0) is 28.1 Å². The molecule has 0 aromatic heterocycles. The van der Waals surface area contributed by atoms with Crippen molar-refractivity contribution in [1.29, 1.82) is 0 Å². The molecule has 0 bridgehead atoms. The van der Waals surface area contributed by atoms with E-state index >= 15 is 0 Å². The maximum Gasteiger partial charge on any atom is 0.0464 e. The van der Waals surface area contributed by atoms with Crippen LogP contribution in [0.15, 0.2) is 237 Å². The van der Waals surface area contributed by atoms with Crippen LogP contribution in [0.25, 0.3) is 67.4 Å². The Morgan fingerprint density at radius 1 is 0.274 bits per heavy atom. The Morgan fingerprint density at radius 3 is 0.905 bits per heavy atom. The number of nitrogens with zero attached hydrogens (tertiary/aromatic N) is 2. The zero-order valence-electron chi connectivity index (χ0n) is 50.9. The minimum atomic E-state index is -0.191. The molecule has 416 valence electrons. The molecule has 0 saturated heterocycles. The molecular weight excluding hydrogens is 1010 g/mol. The van der Waals surface area contributed by atoms with Gasteiger partial charge in [0.25, 0.3) is 0 Å². The van der Waals surface area contributed by atoms with E-state index < -0.39 is 0 Å². The van der Waals surface area contributed by atoms with E-state index in [1.54, 1.807) is 0 Å². The molecule has 0 aliphatic carbocycles. The van der Waals surface area contributed by atoms with Gasteiger partial charge in [0.1, 0.15) is 0 Å². The number of para-hydroxylation sites is 3. The summed E-state index contributed by atoms with van der Waals surface area (Å²) in [6, 6.07) is 87.6. The van der Waals surface area contributed by atoms with Gasteiger partial charge in [-0.15, -0.1) is 0 Å². The van der Waals surface area contributed by atoms with E-state index in [1.807, 2.05) is 0 Å². The normalized spacial score (nSPS) is 12.7. The molecular formula is C82H78N2. The smallest absolute Gasteiger partial charge is 0.0464 e. The molecule has 0 heterocycles. The predicted molar refractivity (Wildman–Crippen MR) is 367 cm³/mol. The molecule has 0 aliphatic heterocycles. The fraction of sp³-hybridized carbons (Fsp3) is 0.195. The first-order valence-electron chi connectivity index (χ1n) is 30.0. The first-order valence-corrected chi connectivity index (χ1v) is 30.0. The Balaban J connectivity index is 0.804. The highest BCUT2D eigenvalue weighted by atomic mass is 15.1. The molecule has 0 atom stereocenters. The second-order valence-electron chi connectivity index (χ2n) is 27.0. The van der Waals surface area contributed by atoms with Crippen LogP contribution in [0.2, 0.25) is 0 Å². The molecule has 0 unspecified atom stereocenters. The third-order valence-electron chi connectivity index (χ3n) is 17.1. The molecule has 12 aromatic rings. The predicted octanol–water partition coefficient (Wildman–Crippen LogP) is 23.4. The monoisotopic (exact) mass is 1090 g/mol. The summed E-state index contributed by atoms with van der Waals surface area (Å²) < 4.78 is 0. The second kappa shape index (κ2) is 22.0. The summed E-state index contributed by atoms with van der Waals surface area (Å²) in [5.41, 5.74) is 18.0. The average molecular weight is 1090 g/mol. The molecule has 12 rings (SSSR count). The summed E-state index contributed by atoms with van der Waals surface area (Å²) in [6.07, 6.45) is 9.65. The van der Waals surface area contributed by atoms with Crippen LogP contribution in [0, 0.1) is 0 Å². The van der Waals surface area contributed by atoms with Crippen molar-refractivity contribution < 1.29 is 0 Å². The van der Waals surface area contributed by atoms with E-state index in [4.69, 9.17) is 0 Å². The van der Waals surface area contributed by atoms with E-state index in [0.29, 0.717) is 0 Å². The molecule has 2 nitrogen and oxygen atoms in total. The number of rotatable bonds is 13. The fourth-order valence-electron chi connectivity index (χ4n) is 12.2. The van der Waals surface area contributed by atoms with Gasteiger partial charge in [-0.2, -0.15) is 0 Å². The summed E-state index contributed by atoms with van der Waals surface area (Å²) in [7, 11) is 0. The first kappa shape index (κ1) is 55.5. The van der Waals surface area contributed by atoms with Crippen molar-refractivity contribution in [3.8, 4) is 0 Å². The molecule has 0 aliphatic rings. The van der Waals surface area contributed by atoms with Crippen molar-refractivity contribution in [2.75, 3.05) is 9.80 Å². The minimum Gasteiger partial charge on any atom is -0.311 e. The van der Waals surface area contributed by atoms with Crippen LogP contribution in [0.3, 0.4) is 0 Å². The van der Waals surface area contributed by atoms with E-state index in [2.05, 4.69) is 347 Å². The van der Waals surface area contributed by atoms with Crippen LogP contribution >= 0.6 is 0 Å². The molecule has 0 spiro atoms. The molecule has 0 radical (unpaired) electrons. The Kier molecular flexibility index (Phi) is 14.5. The van der Waals surface area contributed by atoms with E-state index in [1.165, 1.54) is 70.9 Å². The highest BCUT2D eigenvalue weighted by Crippen LogP contribution is 2.48. The molecule has 0 amide bonds. The maximum atomic E-state index is 2.56. The van der Waals surface area contributed by atoms with Gasteiger partial charge in [-0.05, 0) is 218 Å². The summed E-state index contributed by atoms with van der Waals surface area (Å²) >= 11 is 0. The van der Waals surface area contributed by atoms with Gasteiger partial charge >= 0.3 is 0 Å². The lowest BCUT2D eigenvalue weighted by atomic mass is 9.75. The number of benzene rings is 12. The molecule has 84 heavy (non-hydrogen) atoms. The van der Waals surface area contributed by atoms with Crippen LogP contribution in [0.4, 0.5) is 34.1 Å². The van der Waals surface area contributed by atoms with E-state index in [0.717, 1.165) is 62.8 Å². The van der Waals surface area contributed by atoms with Gasteiger partial charge in [-0.1, -0.05) is 240 Å². The van der Waals surface area contributed by atoms with Crippen molar-refractivity contribution >= 4 is 102 Å². The molecule has 0 N–H and O–H groups in total. The quantitative estimate of drug-likeness (QED) is 0.0645. The highest BCUT2D eigenvalue weighted by molar-refractivity contribution is 6.33. The summed E-state index contributed by atoms with van der Waals surface area (Å²) in [5.74, 6) is 0. The van der Waals surface area contributed by atoms with Gasteiger partial charge in [0.15, 0.2) is 0 Å². The third-order valence-corrected chi connectivity index (χ3v) is 17.1. The van der Waals surface area contributed by atoms with Crippen molar-refractivity contribution in [1.82, 2.24) is 0 Å². The van der Waals surface area contributed by atoms with Gasteiger partial charge in [0.2, 0.25) is 0 Å². The zero-order chi connectivity index (χ0) is 58.5. The Hall–Kier alpha value is -8.98. The Bertz CT molecular complexity index is 4310. The van der Waals surface area contributed by atoms with E-state index in [9.17, 15) is 0 Å². The van der Waals surface area contributed by atoms with Crippen LogP contribution in [-0.4, -0.2) is 0 Å². The number of anilines is 6. The third kappa shape index (κ3) is 11.4. The van der Waals surface area contributed by atoms with Gasteiger partial charge < -0.3 is 9.80 Å². The van der Waals surface area contributed by atoms with Crippen molar-refractivity contribution in [3.05, 3.63) is 287 Å². The van der Waals surface area contributed by atoms with Crippen LogP contribution in [0.5, 0.6) is 0 Å².